The third-order valence-corrected chi connectivity index (χ3v) is 15.9. The molecule has 0 radical (unpaired) electrons. The molecule has 0 fully saturated rings. The monoisotopic (exact) mass is 781 g/mol. The third-order valence-electron chi connectivity index (χ3n) is 12.8. The molecule has 3 heterocycles. The molecule has 0 N–H and O–H groups in total. The number of hydrogen-bond acceptors (Lipinski definition) is 1. The number of benzene rings is 10. The molecule has 0 bridgehead atoms. The summed E-state index contributed by atoms with van der Waals surface area (Å²) in [7, 11) is -0.698. The first kappa shape index (κ1) is 33.0. The Morgan fingerprint density at radius 3 is 1.53 bits per heavy atom. The van der Waals surface area contributed by atoms with Crippen LogP contribution in [0.5, 0.6) is 0 Å². The smallest absolute Gasteiger partial charge is 0.0892 e. The normalized spacial score (nSPS) is 12.7. The van der Waals surface area contributed by atoms with Crippen LogP contribution in [-0.4, -0.2) is 14.1 Å². The van der Waals surface area contributed by atoms with Gasteiger partial charge in [-0.25, -0.2) is 0 Å². The van der Waals surface area contributed by atoms with Gasteiger partial charge in [0, 0.05) is 36.6 Å². The molecule has 0 saturated carbocycles. The molecule has 3 heteroatoms. The van der Waals surface area contributed by atoms with E-state index in [0.717, 1.165) is 0 Å². The van der Waals surface area contributed by atoms with Gasteiger partial charge in [-0.15, -0.1) is 11.3 Å². The molecule has 13 rings (SSSR count). The zero-order chi connectivity index (χ0) is 38.6. The molecule has 10 aromatic carbocycles. The second kappa shape index (κ2) is 12.7. The quantitative estimate of drug-likeness (QED) is 0.157. The van der Waals surface area contributed by atoms with E-state index in [1.165, 1.54) is 124 Å². The summed E-state index contributed by atoms with van der Waals surface area (Å²) < 4.78 is 5.21. The van der Waals surface area contributed by atoms with Gasteiger partial charge in [0.05, 0.1) is 20.6 Å². The second-order valence-corrected chi connectivity index (χ2v) is 19.0. The van der Waals surface area contributed by atoms with E-state index in [-0.39, 0.29) is 0 Å². The van der Waals surface area contributed by atoms with Crippen LogP contribution in [0, 0.1) is 0 Å². The van der Waals surface area contributed by atoms with Gasteiger partial charge in [-0.05, 0) is 121 Å². The SMILES string of the molecule is c1ccc2c(-c3ccc4c(c3)c3cc(-c5cccc6ccccc56)ccc3n4-c3ccc4c(c3)[SiH2]c3cc(-c5ccc6sc7ccccc7c6c5)ccc3-4)cccc2c1. The number of fused-ring (bicyclic) bond motifs is 11. The Balaban J connectivity index is 0.949. The molecule has 2 aromatic heterocycles. The number of thiophene rings is 1. The van der Waals surface area contributed by atoms with E-state index in [9.17, 15) is 0 Å². The fourth-order valence-electron chi connectivity index (χ4n) is 10.0. The summed E-state index contributed by atoms with van der Waals surface area (Å²) >= 11 is 1.88. The molecule has 12 aromatic rings. The van der Waals surface area contributed by atoms with Crippen molar-refractivity contribution in [2.45, 2.75) is 0 Å². The Labute approximate surface area is 347 Å². The Bertz CT molecular complexity index is 3570. The van der Waals surface area contributed by atoms with Gasteiger partial charge < -0.3 is 4.57 Å². The third kappa shape index (κ3) is 5.09. The van der Waals surface area contributed by atoms with Crippen molar-refractivity contribution in [1.29, 1.82) is 0 Å². The molecular weight excluding hydrogens is 747 g/mol. The topological polar surface area (TPSA) is 4.93 Å². The maximum absolute atomic E-state index is 2.51. The highest BCUT2D eigenvalue weighted by Crippen LogP contribution is 2.41. The maximum Gasteiger partial charge on any atom is 0.0892 e. The van der Waals surface area contributed by atoms with Crippen molar-refractivity contribution in [2.24, 2.45) is 0 Å². The molecule has 0 saturated heterocycles. The van der Waals surface area contributed by atoms with Crippen molar-refractivity contribution in [1.82, 2.24) is 4.57 Å². The lowest BCUT2D eigenvalue weighted by molar-refractivity contribution is 1.18. The average Bonchev–Trinajstić information content (AvgIpc) is 3.96. The Morgan fingerprint density at radius 2 is 0.831 bits per heavy atom. The summed E-state index contributed by atoms with van der Waals surface area (Å²) in [4.78, 5) is 0. The predicted octanol–water partition coefficient (Wildman–Crippen LogP) is 13.6. The first-order valence-corrected chi connectivity index (χ1v) is 22.7. The van der Waals surface area contributed by atoms with Crippen LogP contribution in [0.2, 0.25) is 0 Å². The molecule has 59 heavy (non-hydrogen) atoms. The van der Waals surface area contributed by atoms with E-state index in [4.69, 9.17) is 0 Å². The van der Waals surface area contributed by atoms with Gasteiger partial charge in [0.15, 0.2) is 0 Å². The highest BCUT2D eigenvalue weighted by Gasteiger charge is 2.22. The standard InChI is InChI=1S/C56H35NSSi/c1-3-13-41-34(9-1)11-7-16-43(41)38-20-26-51-48(30-38)49-31-39(44-17-8-12-35-10-2-4-14-42(35)44)21-27-52(49)57(51)40-23-25-47-46-24-19-37(32-55(46)59-56(47)33-40)36-22-28-54-50(29-36)45-15-5-6-18-53(45)58-54/h1-33H,59H2. The van der Waals surface area contributed by atoms with Crippen LogP contribution in [-0.2, 0) is 0 Å². The highest BCUT2D eigenvalue weighted by atomic mass is 32.1. The number of rotatable bonds is 4. The van der Waals surface area contributed by atoms with E-state index in [2.05, 4.69) is 205 Å². The minimum atomic E-state index is -0.698. The fraction of sp³-hybridized carbons (Fsp3) is 0. The summed E-state index contributed by atoms with van der Waals surface area (Å²) in [5, 5.41) is 13.4. The molecule has 1 aliphatic rings. The van der Waals surface area contributed by atoms with Crippen LogP contribution in [0.4, 0.5) is 0 Å². The van der Waals surface area contributed by atoms with E-state index < -0.39 is 9.52 Å². The molecule has 274 valence electrons. The Hall–Kier alpha value is -7.04. The molecule has 0 aliphatic carbocycles. The van der Waals surface area contributed by atoms with Crippen molar-refractivity contribution in [3.8, 4) is 50.2 Å². The van der Waals surface area contributed by atoms with Crippen molar-refractivity contribution in [3.05, 3.63) is 200 Å². The maximum atomic E-state index is 2.51. The number of hydrogen-bond donors (Lipinski definition) is 0. The summed E-state index contributed by atoms with van der Waals surface area (Å²) in [6.45, 7) is 0. The van der Waals surface area contributed by atoms with Gasteiger partial charge in [0.1, 0.15) is 0 Å². The van der Waals surface area contributed by atoms with Gasteiger partial charge in [0.2, 0.25) is 0 Å². The second-order valence-electron chi connectivity index (χ2n) is 16.1. The van der Waals surface area contributed by atoms with Gasteiger partial charge in [0.25, 0.3) is 0 Å². The minimum absolute atomic E-state index is 0.698. The number of nitrogens with zero attached hydrogens (tertiary/aromatic N) is 1. The van der Waals surface area contributed by atoms with E-state index >= 15 is 0 Å². The molecule has 0 atom stereocenters. The van der Waals surface area contributed by atoms with Gasteiger partial charge >= 0.3 is 0 Å². The largest absolute Gasteiger partial charge is 0.309 e. The molecule has 0 amide bonds. The van der Waals surface area contributed by atoms with E-state index in [1.807, 2.05) is 11.3 Å². The predicted molar refractivity (Wildman–Crippen MR) is 258 cm³/mol. The van der Waals surface area contributed by atoms with Gasteiger partial charge in [-0.1, -0.05) is 156 Å². The molecule has 1 nitrogen and oxygen atoms in total. The summed E-state index contributed by atoms with van der Waals surface area (Å²) in [6.07, 6.45) is 0. The summed E-state index contributed by atoms with van der Waals surface area (Å²) in [5.41, 5.74) is 14.1. The van der Waals surface area contributed by atoms with Crippen LogP contribution >= 0.6 is 11.3 Å². The average molecular weight is 782 g/mol. The summed E-state index contributed by atoms with van der Waals surface area (Å²) in [6, 6.07) is 75.2. The lowest BCUT2D eigenvalue weighted by Crippen LogP contribution is -2.21. The number of aromatic nitrogens is 1. The minimum Gasteiger partial charge on any atom is -0.309 e. The van der Waals surface area contributed by atoms with Crippen molar-refractivity contribution >= 4 is 94.8 Å². The first-order valence-electron chi connectivity index (χ1n) is 20.4. The lowest BCUT2D eigenvalue weighted by atomic mass is 9.95. The van der Waals surface area contributed by atoms with E-state index in [1.54, 1.807) is 0 Å². The van der Waals surface area contributed by atoms with Crippen molar-refractivity contribution in [3.63, 3.8) is 0 Å². The first-order chi connectivity index (χ1) is 29.2. The van der Waals surface area contributed by atoms with Gasteiger partial charge in [-0.3, -0.25) is 0 Å². The molecule has 1 aliphatic heterocycles. The molecular formula is C56H35NSSi. The van der Waals surface area contributed by atoms with Crippen molar-refractivity contribution < 1.29 is 0 Å². The van der Waals surface area contributed by atoms with Crippen LogP contribution in [0.25, 0.3) is 114 Å². The Morgan fingerprint density at radius 1 is 0.322 bits per heavy atom. The van der Waals surface area contributed by atoms with Gasteiger partial charge in [-0.2, -0.15) is 0 Å². The van der Waals surface area contributed by atoms with Crippen LogP contribution in [0.1, 0.15) is 0 Å². The Kier molecular flexibility index (Phi) is 7.12. The fourth-order valence-corrected chi connectivity index (χ4v) is 13.1. The zero-order valence-electron chi connectivity index (χ0n) is 32.1. The van der Waals surface area contributed by atoms with Crippen LogP contribution in [0.15, 0.2) is 200 Å². The highest BCUT2D eigenvalue weighted by molar-refractivity contribution is 7.25. The van der Waals surface area contributed by atoms with Crippen LogP contribution < -0.4 is 10.4 Å². The zero-order valence-corrected chi connectivity index (χ0v) is 34.3. The van der Waals surface area contributed by atoms with E-state index in [0.29, 0.717) is 0 Å². The molecule has 0 spiro atoms. The summed E-state index contributed by atoms with van der Waals surface area (Å²) in [5.74, 6) is 0. The van der Waals surface area contributed by atoms with Crippen LogP contribution in [0.3, 0.4) is 0 Å². The van der Waals surface area contributed by atoms with Crippen molar-refractivity contribution in [2.75, 3.05) is 0 Å². The lowest BCUT2D eigenvalue weighted by Gasteiger charge is -2.12. The molecule has 0 unspecified atom stereocenters.